The Balaban J connectivity index is 0.000000371. The van der Waals surface area contributed by atoms with E-state index in [4.69, 9.17) is 0 Å². The molecule has 1 saturated carbocycles. The maximum atomic E-state index is 12.4. The maximum Gasteiger partial charge on any atom is 0.101 e. The lowest BCUT2D eigenvalue weighted by molar-refractivity contribution is 0.256. The second-order valence-corrected chi connectivity index (χ2v) is 3.15. The Bertz CT molecular complexity index is 77.3. The van der Waals surface area contributed by atoms with Gasteiger partial charge < -0.3 is 0 Å². The van der Waals surface area contributed by atoms with Gasteiger partial charge in [0.05, 0.1) is 0 Å². The zero-order valence-corrected chi connectivity index (χ0v) is 7.12. The summed E-state index contributed by atoms with van der Waals surface area (Å²) in [4.78, 5) is 0. The molecule has 0 aliphatic heterocycles. The molecule has 0 bridgehead atoms. The van der Waals surface area contributed by atoms with Crippen molar-refractivity contribution in [2.75, 3.05) is 0 Å². The van der Waals surface area contributed by atoms with Gasteiger partial charge in [-0.3, -0.25) is 0 Å². The van der Waals surface area contributed by atoms with Crippen LogP contribution in [-0.4, -0.2) is 11.4 Å². The van der Waals surface area contributed by atoms with Crippen LogP contribution in [0.3, 0.4) is 0 Å². The Hall–Kier alpha value is 0.0200. The highest BCUT2D eigenvalue weighted by atomic mass is 32.1. The molecule has 0 aromatic heterocycles. The summed E-state index contributed by atoms with van der Waals surface area (Å²) in [6.07, 6.45) is 2.99. The van der Waals surface area contributed by atoms with Crippen LogP contribution in [0.4, 0.5) is 4.39 Å². The van der Waals surface area contributed by atoms with E-state index in [0.29, 0.717) is 11.7 Å². The molecule has 1 fully saturated rings. The number of halogens is 1. The van der Waals surface area contributed by atoms with Crippen molar-refractivity contribution in [1.82, 2.24) is 0 Å². The van der Waals surface area contributed by atoms with Crippen LogP contribution in [-0.2, 0) is 0 Å². The van der Waals surface area contributed by atoms with Crippen molar-refractivity contribution < 1.29 is 4.39 Å². The molecule has 60 valence electrons. The highest BCUT2D eigenvalue weighted by molar-refractivity contribution is 7.80. The number of hydrogen-bond donors (Lipinski definition) is 1. The highest BCUT2D eigenvalue weighted by Crippen LogP contribution is 2.24. The number of thiol groups is 1. The molecular formula is C8H15FS. The lowest BCUT2D eigenvalue weighted by Gasteiger charge is -2.19. The predicted molar refractivity (Wildman–Crippen MR) is 47.4 cm³/mol. The Labute approximate surface area is 67.9 Å². The van der Waals surface area contributed by atoms with E-state index in [2.05, 4.69) is 25.8 Å². The van der Waals surface area contributed by atoms with Crippen LogP contribution in [0.25, 0.3) is 0 Å². The molecule has 0 aromatic carbocycles. The summed E-state index contributed by atoms with van der Waals surface area (Å²) < 4.78 is 12.4. The monoisotopic (exact) mass is 162 g/mol. The van der Waals surface area contributed by atoms with Crippen LogP contribution >= 0.6 is 12.6 Å². The fraction of sp³-hybridized carbons (Fsp3) is 0.750. The molecule has 10 heavy (non-hydrogen) atoms. The average molecular weight is 162 g/mol. The molecule has 1 aliphatic rings. The van der Waals surface area contributed by atoms with E-state index in [9.17, 15) is 4.39 Å². The third-order valence-electron chi connectivity index (χ3n) is 1.58. The second kappa shape index (κ2) is 5.78. The summed E-state index contributed by atoms with van der Waals surface area (Å²) in [7, 11) is 0. The SMILES string of the molecule is C=C.FC1CCCC(S)C1. The van der Waals surface area contributed by atoms with Crippen molar-refractivity contribution in [3.63, 3.8) is 0 Å². The maximum absolute atomic E-state index is 12.4. The zero-order valence-electron chi connectivity index (χ0n) is 6.22. The van der Waals surface area contributed by atoms with Gasteiger partial charge in [0.25, 0.3) is 0 Å². The fourth-order valence-electron chi connectivity index (χ4n) is 1.11. The highest BCUT2D eigenvalue weighted by Gasteiger charge is 2.17. The average Bonchev–Trinajstić information content (AvgIpc) is 1.91. The molecule has 0 aromatic rings. The fourth-order valence-corrected chi connectivity index (χ4v) is 1.52. The Morgan fingerprint density at radius 1 is 1.30 bits per heavy atom. The van der Waals surface area contributed by atoms with E-state index in [-0.39, 0.29) is 0 Å². The van der Waals surface area contributed by atoms with Crippen LogP contribution in [0, 0.1) is 0 Å². The van der Waals surface area contributed by atoms with Gasteiger partial charge in [-0.1, -0.05) is 0 Å². The lowest BCUT2D eigenvalue weighted by atomic mass is 9.99. The summed E-state index contributed by atoms with van der Waals surface area (Å²) in [5, 5.41) is 0.332. The van der Waals surface area contributed by atoms with Gasteiger partial charge in [0, 0.05) is 5.25 Å². The van der Waals surface area contributed by atoms with Crippen LogP contribution in [0.1, 0.15) is 25.7 Å². The van der Waals surface area contributed by atoms with Gasteiger partial charge in [-0.05, 0) is 25.7 Å². The topological polar surface area (TPSA) is 0 Å². The second-order valence-electron chi connectivity index (χ2n) is 2.42. The van der Waals surface area contributed by atoms with Gasteiger partial charge in [0.2, 0.25) is 0 Å². The first-order valence-electron chi connectivity index (χ1n) is 3.61. The molecule has 0 radical (unpaired) electrons. The molecule has 1 rings (SSSR count). The smallest absolute Gasteiger partial charge is 0.101 e. The zero-order chi connectivity index (χ0) is 7.98. The van der Waals surface area contributed by atoms with E-state index in [1.165, 1.54) is 0 Å². The first-order chi connectivity index (χ1) is 4.79. The minimum Gasteiger partial charge on any atom is -0.247 e. The largest absolute Gasteiger partial charge is 0.247 e. The van der Waals surface area contributed by atoms with Gasteiger partial charge in [0.1, 0.15) is 6.17 Å². The van der Waals surface area contributed by atoms with E-state index in [1.807, 2.05) is 0 Å². The van der Waals surface area contributed by atoms with Crippen molar-refractivity contribution in [3.8, 4) is 0 Å². The van der Waals surface area contributed by atoms with Crippen molar-refractivity contribution in [2.45, 2.75) is 37.1 Å². The molecule has 2 atom stereocenters. The van der Waals surface area contributed by atoms with Gasteiger partial charge in [-0.15, -0.1) is 13.2 Å². The summed E-state index contributed by atoms with van der Waals surface area (Å²) in [5.74, 6) is 0. The minimum atomic E-state index is -0.564. The predicted octanol–water partition coefficient (Wildman–Crippen LogP) is 3.00. The van der Waals surface area contributed by atoms with Crippen molar-refractivity contribution in [3.05, 3.63) is 13.2 Å². The van der Waals surface area contributed by atoms with E-state index in [0.717, 1.165) is 19.3 Å². The summed E-state index contributed by atoms with van der Waals surface area (Å²) in [5.41, 5.74) is 0. The number of alkyl halides is 1. The Kier molecular flexibility index (Phi) is 5.79. The summed E-state index contributed by atoms with van der Waals surface area (Å²) in [6, 6.07) is 0. The van der Waals surface area contributed by atoms with Crippen LogP contribution in [0.15, 0.2) is 13.2 Å². The molecule has 0 N–H and O–H groups in total. The van der Waals surface area contributed by atoms with Crippen LogP contribution in [0.2, 0.25) is 0 Å². The van der Waals surface area contributed by atoms with Gasteiger partial charge >= 0.3 is 0 Å². The third kappa shape index (κ3) is 3.94. The normalized spacial score (nSPS) is 32.2. The lowest BCUT2D eigenvalue weighted by Crippen LogP contribution is -2.15. The Morgan fingerprint density at radius 2 is 1.90 bits per heavy atom. The summed E-state index contributed by atoms with van der Waals surface area (Å²) in [6.45, 7) is 6.00. The number of rotatable bonds is 0. The Morgan fingerprint density at radius 3 is 2.20 bits per heavy atom. The van der Waals surface area contributed by atoms with Gasteiger partial charge in [-0.25, -0.2) is 4.39 Å². The quantitative estimate of drug-likeness (QED) is 0.411. The van der Waals surface area contributed by atoms with Gasteiger partial charge in [-0.2, -0.15) is 12.6 Å². The number of hydrogen-bond acceptors (Lipinski definition) is 1. The molecule has 0 nitrogen and oxygen atoms in total. The molecule has 0 amide bonds. The van der Waals surface area contributed by atoms with Crippen molar-refractivity contribution in [2.24, 2.45) is 0 Å². The third-order valence-corrected chi connectivity index (χ3v) is 2.05. The molecule has 0 saturated heterocycles. The molecule has 2 heteroatoms. The van der Waals surface area contributed by atoms with E-state index in [1.54, 1.807) is 0 Å². The van der Waals surface area contributed by atoms with Crippen molar-refractivity contribution in [1.29, 1.82) is 0 Å². The molecule has 0 heterocycles. The molecule has 1 aliphatic carbocycles. The van der Waals surface area contributed by atoms with Crippen LogP contribution < -0.4 is 0 Å². The molecular weight excluding hydrogens is 147 g/mol. The van der Waals surface area contributed by atoms with Crippen molar-refractivity contribution >= 4 is 12.6 Å². The van der Waals surface area contributed by atoms with E-state index < -0.39 is 6.17 Å². The molecule has 0 spiro atoms. The standard InChI is InChI=1S/C6H11FS.C2H4/c7-5-2-1-3-6(8)4-5;1-2/h5-6,8H,1-4H2;1-2H2. The first kappa shape index (κ1) is 10.0. The minimum absolute atomic E-state index is 0.332. The van der Waals surface area contributed by atoms with Crippen LogP contribution in [0.5, 0.6) is 0 Å². The molecule has 2 unspecified atom stereocenters. The van der Waals surface area contributed by atoms with Gasteiger partial charge in [0.15, 0.2) is 0 Å². The first-order valence-corrected chi connectivity index (χ1v) is 4.13. The summed E-state index contributed by atoms with van der Waals surface area (Å²) >= 11 is 4.18. The van der Waals surface area contributed by atoms with E-state index >= 15 is 0 Å².